The second-order valence-corrected chi connectivity index (χ2v) is 22.3. The summed E-state index contributed by atoms with van der Waals surface area (Å²) in [6.45, 7) is 25.4. The normalized spacial score (nSPS) is 13.9. The number of hydrogen-bond acceptors (Lipinski definition) is 6. The fourth-order valence-corrected chi connectivity index (χ4v) is 12.1. The van der Waals surface area contributed by atoms with Crippen molar-refractivity contribution in [2.75, 3.05) is 20.4 Å². The number of carbonyl (C=O) groups excluding carboxylic acids is 4. The summed E-state index contributed by atoms with van der Waals surface area (Å²) >= 11 is 0. The average molecular weight is 977 g/mol. The van der Waals surface area contributed by atoms with Crippen molar-refractivity contribution in [3.63, 3.8) is 0 Å². The van der Waals surface area contributed by atoms with E-state index in [-0.39, 0.29) is 59.1 Å². The molecule has 9 aromatic rings. The molecule has 0 fully saturated rings. The van der Waals surface area contributed by atoms with E-state index in [1.807, 2.05) is 97.1 Å². The lowest BCUT2D eigenvalue weighted by Crippen LogP contribution is -2.42. The smallest absolute Gasteiger partial charge is 0.266 e. The van der Waals surface area contributed by atoms with E-state index in [0.717, 1.165) is 77.1 Å². The monoisotopic (exact) mass is 976 g/mol. The fourth-order valence-electron chi connectivity index (χ4n) is 12.1. The third-order valence-corrected chi connectivity index (χ3v) is 15.7. The van der Waals surface area contributed by atoms with Crippen LogP contribution in [0.4, 0.5) is 34.1 Å². The van der Waals surface area contributed by atoms with E-state index in [2.05, 4.69) is 118 Å². The lowest BCUT2D eigenvalue weighted by molar-refractivity contribution is 0.0877. The molecule has 11 rings (SSSR count). The first-order chi connectivity index (χ1) is 35.4. The summed E-state index contributed by atoms with van der Waals surface area (Å²) in [6, 6.07) is 40.3. The van der Waals surface area contributed by atoms with Crippen LogP contribution in [0.2, 0.25) is 0 Å². The van der Waals surface area contributed by atoms with Gasteiger partial charge in [0.1, 0.15) is 0 Å². The lowest BCUT2D eigenvalue weighted by atomic mass is 9.80. The van der Waals surface area contributed by atoms with E-state index in [1.54, 1.807) is 0 Å². The van der Waals surface area contributed by atoms with Gasteiger partial charge in [-0.25, -0.2) is 9.80 Å². The Hall–Kier alpha value is -7.84. The van der Waals surface area contributed by atoms with Crippen molar-refractivity contribution in [1.82, 2.24) is 0 Å². The highest BCUT2D eigenvalue weighted by molar-refractivity contribution is 6.48. The minimum atomic E-state index is -0.389. The molecule has 0 atom stereocenters. The number of rotatable bonds is 12. The Labute approximate surface area is 434 Å². The molecule has 2 aliphatic heterocycles. The lowest BCUT2D eigenvalue weighted by Gasteiger charge is -2.34. The number of imide groups is 2. The van der Waals surface area contributed by atoms with E-state index in [0.29, 0.717) is 55.8 Å². The number of nitrogens with one attached hydrogen (secondary N) is 2. The largest absolute Gasteiger partial charge is 0.355 e. The van der Waals surface area contributed by atoms with Crippen LogP contribution in [0.5, 0.6) is 0 Å². The Balaban J connectivity index is 1.29. The number of nitrogens with zero attached hydrogens (tertiary/aromatic N) is 2. The third-order valence-electron chi connectivity index (χ3n) is 15.7. The fraction of sp³-hybridized carbons (Fsp3) is 0.273. The zero-order chi connectivity index (χ0) is 52.3. The van der Waals surface area contributed by atoms with Gasteiger partial charge in [0.25, 0.3) is 23.6 Å². The van der Waals surface area contributed by atoms with Gasteiger partial charge in [-0.1, -0.05) is 168 Å². The summed E-state index contributed by atoms with van der Waals surface area (Å²) in [7, 11) is 0. The summed E-state index contributed by atoms with van der Waals surface area (Å²) < 4.78 is 0. The molecule has 74 heavy (non-hydrogen) atoms. The van der Waals surface area contributed by atoms with E-state index >= 15 is 19.2 Å². The molecule has 8 heteroatoms. The molecule has 372 valence electrons. The second-order valence-electron chi connectivity index (χ2n) is 22.3. The van der Waals surface area contributed by atoms with Gasteiger partial charge in [-0.2, -0.15) is 0 Å². The summed E-state index contributed by atoms with van der Waals surface area (Å²) in [5.74, 6) is -1.07. The summed E-state index contributed by atoms with van der Waals surface area (Å²) in [5.41, 5.74) is 12.0. The molecule has 0 spiro atoms. The Bertz CT molecular complexity index is 3550. The molecule has 4 amide bonds. The number of fused-ring (bicyclic) bond motifs is 2. The van der Waals surface area contributed by atoms with Gasteiger partial charge in [-0.3, -0.25) is 19.2 Å². The Morgan fingerprint density at radius 1 is 0.297 bits per heavy atom. The maximum absolute atomic E-state index is 15.8. The summed E-state index contributed by atoms with van der Waals surface area (Å²) in [6.07, 6.45) is 0. The van der Waals surface area contributed by atoms with Crippen LogP contribution in [0.1, 0.15) is 193 Å². The van der Waals surface area contributed by atoms with Crippen LogP contribution >= 0.6 is 0 Å². The Morgan fingerprint density at radius 3 is 0.919 bits per heavy atom. The van der Waals surface area contributed by atoms with E-state index in [1.165, 1.54) is 9.80 Å². The van der Waals surface area contributed by atoms with Gasteiger partial charge >= 0.3 is 0 Å². The van der Waals surface area contributed by atoms with Gasteiger partial charge in [-0.05, 0) is 116 Å². The van der Waals surface area contributed by atoms with Crippen LogP contribution in [-0.4, -0.2) is 23.6 Å². The minimum Gasteiger partial charge on any atom is -0.355 e. The highest BCUT2D eigenvalue weighted by Gasteiger charge is 2.42. The summed E-state index contributed by atoms with van der Waals surface area (Å²) in [5, 5.41) is 13.5. The maximum atomic E-state index is 15.8. The quantitative estimate of drug-likeness (QED) is 0.0719. The van der Waals surface area contributed by atoms with Gasteiger partial charge in [-0.15, -0.1) is 0 Å². The van der Waals surface area contributed by atoms with Crippen LogP contribution < -0.4 is 20.4 Å². The highest BCUT2D eigenvalue weighted by Crippen LogP contribution is 2.53. The number of hydrogen-bond donors (Lipinski definition) is 2. The van der Waals surface area contributed by atoms with E-state index < -0.39 is 0 Å². The first-order valence-electron chi connectivity index (χ1n) is 26.4. The molecule has 2 heterocycles. The SMILES string of the molecule is CC(C)c1ccccc1Nc1cc2c3c(ccc4c5c(Nc6ccccc6C(C)C)cc6c7c(ccc(c1c34)c75)C(=O)N(c1c(C(C)C)cccc1C(C)C)C6=O)C(=O)N(c1c(C(C)C)cccc1C(C)C)C2=O. The van der Waals surface area contributed by atoms with Crippen LogP contribution in [-0.2, 0) is 0 Å². The molecule has 0 aliphatic carbocycles. The van der Waals surface area contributed by atoms with Gasteiger partial charge in [0.2, 0.25) is 0 Å². The van der Waals surface area contributed by atoms with Crippen molar-refractivity contribution >= 4 is 101 Å². The molecule has 2 N–H and O–H groups in total. The first kappa shape index (κ1) is 48.4. The van der Waals surface area contributed by atoms with Crippen molar-refractivity contribution in [2.24, 2.45) is 0 Å². The molecule has 0 bridgehead atoms. The molecular weight excluding hydrogens is 913 g/mol. The molecule has 0 aromatic heterocycles. The van der Waals surface area contributed by atoms with E-state index in [9.17, 15) is 0 Å². The Morgan fingerprint density at radius 2 is 0.595 bits per heavy atom. The van der Waals surface area contributed by atoms with Gasteiger partial charge in [0.05, 0.1) is 22.5 Å². The molecule has 0 unspecified atom stereocenters. The van der Waals surface area contributed by atoms with Crippen molar-refractivity contribution in [3.05, 3.63) is 177 Å². The molecule has 8 nitrogen and oxygen atoms in total. The first-order valence-corrected chi connectivity index (χ1v) is 26.4. The average Bonchev–Trinajstić information content (AvgIpc) is 3.37. The van der Waals surface area contributed by atoms with Crippen LogP contribution in [0.3, 0.4) is 0 Å². The van der Waals surface area contributed by atoms with Gasteiger partial charge < -0.3 is 10.6 Å². The zero-order valence-corrected chi connectivity index (χ0v) is 44.5. The molecule has 9 aromatic carbocycles. The number of anilines is 6. The highest BCUT2D eigenvalue weighted by atomic mass is 16.2. The number of amides is 4. The van der Waals surface area contributed by atoms with Crippen molar-refractivity contribution in [1.29, 1.82) is 0 Å². The minimum absolute atomic E-state index is 0.0317. The topological polar surface area (TPSA) is 98.8 Å². The van der Waals surface area contributed by atoms with Gasteiger partial charge in [0, 0.05) is 66.2 Å². The van der Waals surface area contributed by atoms with Crippen molar-refractivity contribution in [2.45, 2.75) is 119 Å². The molecule has 2 aliphatic rings. The maximum Gasteiger partial charge on any atom is 0.266 e. The predicted octanol–water partition coefficient (Wildman–Crippen LogP) is 17.6. The van der Waals surface area contributed by atoms with E-state index in [4.69, 9.17) is 0 Å². The molecule has 0 saturated heterocycles. The second kappa shape index (κ2) is 18.0. The predicted molar refractivity (Wildman–Crippen MR) is 307 cm³/mol. The standard InChI is InChI=1S/C66H64N4O4/c1-33(2)39-19-13-15-25-51(39)67-53-31-49-55-47(63(71)69(65(49)73)61-41(35(5)6)21-17-22-42(61)36(7)8)30-28-46-58-54(68-52-26-16-14-20-40(52)34(3)4)32-50-56-48(29-27-45(60(56)58)57(53)59(46)55)64(72)70(66(50)74)62-43(37(9)10)23-18-24-44(62)38(11)12/h13-38,67-68H,1-12H3. The van der Waals surface area contributed by atoms with Crippen molar-refractivity contribution in [3.8, 4) is 0 Å². The summed E-state index contributed by atoms with van der Waals surface area (Å²) in [4.78, 5) is 65.5. The molecule has 0 saturated carbocycles. The molecule has 0 radical (unpaired) electrons. The van der Waals surface area contributed by atoms with Crippen molar-refractivity contribution < 1.29 is 19.2 Å². The molecular formula is C66H64N4O4. The number of para-hydroxylation sites is 4. The third kappa shape index (κ3) is 7.23. The van der Waals surface area contributed by atoms with Crippen LogP contribution in [0.15, 0.2) is 121 Å². The van der Waals surface area contributed by atoms with Gasteiger partial charge in [0.15, 0.2) is 0 Å². The van der Waals surface area contributed by atoms with Crippen LogP contribution in [0, 0.1) is 0 Å². The van der Waals surface area contributed by atoms with Crippen LogP contribution in [0.25, 0.3) is 43.1 Å². The number of carbonyl (C=O) groups is 4. The number of benzene rings is 9. The zero-order valence-electron chi connectivity index (χ0n) is 44.5. The Kier molecular flexibility index (Phi) is 11.8.